The van der Waals surface area contributed by atoms with Crippen LogP contribution in [0.25, 0.3) is 0 Å². The molecule has 0 aliphatic rings. The highest BCUT2D eigenvalue weighted by Gasteiger charge is 1.94. The molecule has 0 spiro atoms. The molecular formula is C15H30O5. The quantitative estimate of drug-likeness (QED) is 0.169. The van der Waals surface area contributed by atoms with Gasteiger partial charge in [0, 0.05) is 10.1 Å². The van der Waals surface area contributed by atoms with Gasteiger partial charge >= 0.3 is 0 Å². The maximum atomic E-state index is 4.73. The van der Waals surface area contributed by atoms with E-state index in [0.717, 1.165) is 12.8 Å². The average Bonchev–Trinajstić information content (AvgIpc) is 2.47. The second kappa shape index (κ2) is 18.4. The van der Waals surface area contributed by atoms with Crippen molar-refractivity contribution in [1.82, 2.24) is 0 Å². The summed E-state index contributed by atoms with van der Waals surface area (Å²) in [6.45, 7) is 4.52. The number of rotatable bonds is 16. The number of allylic oxidation sites excluding steroid dienone is 1. The second-order valence-corrected chi connectivity index (χ2v) is 4.77. The summed E-state index contributed by atoms with van der Waals surface area (Å²) in [6.07, 6.45) is 15.8. The van der Waals surface area contributed by atoms with Crippen LogP contribution in [0.2, 0.25) is 0 Å². The summed E-state index contributed by atoms with van der Waals surface area (Å²) in [7, 11) is 0. The molecule has 0 aliphatic heterocycles. The molecule has 0 bridgehead atoms. The Morgan fingerprint density at radius 1 is 0.700 bits per heavy atom. The van der Waals surface area contributed by atoms with E-state index in [1.807, 2.05) is 0 Å². The molecule has 5 heteroatoms. The number of unbranched alkanes of at least 4 members (excludes halogenated alkanes) is 9. The minimum absolute atomic E-state index is 0.490. The van der Waals surface area contributed by atoms with E-state index in [0.29, 0.717) is 6.61 Å². The van der Waals surface area contributed by atoms with Crippen LogP contribution in [-0.2, 0) is 24.9 Å². The van der Waals surface area contributed by atoms with Crippen molar-refractivity contribution in [2.24, 2.45) is 0 Å². The molecule has 0 saturated carbocycles. The Hall–Kier alpha value is -0.620. The summed E-state index contributed by atoms with van der Waals surface area (Å²) in [6, 6.07) is 0. The monoisotopic (exact) mass is 290 g/mol. The van der Waals surface area contributed by atoms with Crippen LogP contribution in [-0.4, -0.2) is 6.61 Å². The Labute approximate surface area is 122 Å². The third-order valence-electron chi connectivity index (χ3n) is 2.92. The van der Waals surface area contributed by atoms with Crippen molar-refractivity contribution in [3.8, 4) is 0 Å². The van der Waals surface area contributed by atoms with Crippen LogP contribution in [0.4, 0.5) is 0 Å². The average molecular weight is 290 g/mol. The molecule has 0 amide bonds. The molecule has 120 valence electrons. The maximum absolute atomic E-state index is 4.73. The van der Waals surface area contributed by atoms with E-state index in [9.17, 15) is 0 Å². The summed E-state index contributed by atoms with van der Waals surface area (Å²) < 4.78 is 0. The van der Waals surface area contributed by atoms with Gasteiger partial charge in [-0.05, 0) is 24.5 Å². The molecule has 0 aromatic rings. The minimum atomic E-state index is 0.490. The SMILES string of the molecule is CC=COOOOOCCCCCCCCCCCC. The number of hydrogen-bond donors (Lipinski definition) is 0. The Balaban J connectivity index is 2.92. The van der Waals surface area contributed by atoms with Gasteiger partial charge in [0.2, 0.25) is 0 Å². The van der Waals surface area contributed by atoms with E-state index in [1.165, 1.54) is 57.6 Å². The third-order valence-corrected chi connectivity index (χ3v) is 2.92. The highest BCUT2D eigenvalue weighted by atomic mass is 17.8. The van der Waals surface area contributed by atoms with E-state index in [-0.39, 0.29) is 0 Å². The lowest BCUT2D eigenvalue weighted by Gasteiger charge is -2.02. The van der Waals surface area contributed by atoms with Crippen molar-refractivity contribution in [3.05, 3.63) is 12.3 Å². The van der Waals surface area contributed by atoms with Crippen molar-refractivity contribution < 1.29 is 24.9 Å². The fraction of sp³-hybridized carbons (Fsp3) is 0.867. The lowest BCUT2D eigenvalue weighted by atomic mass is 10.1. The summed E-state index contributed by atoms with van der Waals surface area (Å²) in [5.41, 5.74) is 0. The largest absolute Gasteiger partial charge is 0.314 e. The van der Waals surface area contributed by atoms with Gasteiger partial charge in [0.25, 0.3) is 0 Å². The minimum Gasteiger partial charge on any atom is -0.314 e. The van der Waals surface area contributed by atoms with E-state index < -0.39 is 0 Å². The van der Waals surface area contributed by atoms with Gasteiger partial charge in [-0.15, -0.1) is 0 Å². The summed E-state index contributed by atoms with van der Waals surface area (Å²) in [4.78, 5) is 9.12. The topological polar surface area (TPSA) is 46.2 Å². The molecule has 20 heavy (non-hydrogen) atoms. The Kier molecular flexibility index (Phi) is 17.8. The molecule has 0 fully saturated rings. The smallest absolute Gasteiger partial charge is 0.128 e. The number of hydrogen-bond acceptors (Lipinski definition) is 5. The van der Waals surface area contributed by atoms with Crippen LogP contribution < -0.4 is 0 Å². The highest BCUT2D eigenvalue weighted by molar-refractivity contribution is 4.62. The van der Waals surface area contributed by atoms with Gasteiger partial charge in [-0.2, -0.15) is 0 Å². The van der Waals surface area contributed by atoms with E-state index in [2.05, 4.69) is 26.9 Å². The molecule has 0 saturated heterocycles. The molecule has 0 aromatic heterocycles. The molecule has 0 aromatic carbocycles. The first-order chi connectivity index (χ1) is 9.91. The lowest BCUT2D eigenvalue weighted by Crippen LogP contribution is -1.99. The summed E-state index contributed by atoms with van der Waals surface area (Å²) in [5, 5.41) is 12.6. The zero-order valence-electron chi connectivity index (χ0n) is 13.0. The molecule has 0 N–H and O–H groups in total. The first kappa shape index (κ1) is 19.4. The molecule has 5 nitrogen and oxygen atoms in total. The standard InChI is InChI=1S/C15H30O5/c1-3-5-6-7-8-9-10-11-12-13-15-17-19-20-18-16-14-4-2/h4,14H,3,5-13,15H2,1-2H3. The second-order valence-electron chi connectivity index (χ2n) is 4.77. The molecule has 0 unspecified atom stereocenters. The van der Waals surface area contributed by atoms with Gasteiger partial charge in [-0.3, -0.25) is 0 Å². The normalized spacial score (nSPS) is 11.3. The van der Waals surface area contributed by atoms with Crippen LogP contribution in [0, 0.1) is 0 Å². The Bertz CT molecular complexity index is 197. The fourth-order valence-electron chi connectivity index (χ4n) is 1.81. The molecular weight excluding hydrogens is 260 g/mol. The van der Waals surface area contributed by atoms with Crippen LogP contribution in [0.1, 0.15) is 78.1 Å². The maximum Gasteiger partial charge on any atom is 0.128 e. The zero-order valence-corrected chi connectivity index (χ0v) is 13.0. The first-order valence-corrected chi connectivity index (χ1v) is 7.81. The van der Waals surface area contributed by atoms with Gasteiger partial charge in [0.1, 0.15) is 6.26 Å². The van der Waals surface area contributed by atoms with Crippen molar-refractivity contribution >= 4 is 0 Å². The van der Waals surface area contributed by atoms with Gasteiger partial charge in [-0.1, -0.05) is 64.7 Å². The van der Waals surface area contributed by atoms with E-state index >= 15 is 0 Å². The third kappa shape index (κ3) is 17.4. The molecule has 0 rings (SSSR count). The van der Waals surface area contributed by atoms with E-state index in [1.54, 1.807) is 13.0 Å². The first-order valence-electron chi connectivity index (χ1n) is 7.81. The Morgan fingerprint density at radius 3 is 1.90 bits per heavy atom. The van der Waals surface area contributed by atoms with Crippen molar-refractivity contribution in [2.45, 2.75) is 78.1 Å². The van der Waals surface area contributed by atoms with Gasteiger partial charge in [-0.25, -0.2) is 4.89 Å². The Morgan fingerprint density at radius 2 is 1.30 bits per heavy atom. The lowest BCUT2D eigenvalue weighted by molar-refractivity contribution is -0.700. The van der Waals surface area contributed by atoms with Crippen molar-refractivity contribution in [1.29, 1.82) is 0 Å². The van der Waals surface area contributed by atoms with Gasteiger partial charge in [0.05, 0.1) is 6.61 Å². The van der Waals surface area contributed by atoms with Gasteiger partial charge in [0.15, 0.2) is 0 Å². The van der Waals surface area contributed by atoms with Crippen LogP contribution in [0.5, 0.6) is 0 Å². The van der Waals surface area contributed by atoms with E-state index in [4.69, 9.17) is 4.89 Å². The summed E-state index contributed by atoms with van der Waals surface area (Å²) in [5.74, 6) is 0. The molecule has 0 heterocycles. The summed E-state index contributed by atoms with van der Waals surface area (Å²) >= 11 is 0. The van der Waals surface area contributed by atoms with Crippen LogP contribution in [0.15, 0.2) is 12.3 Å². The highest BCUT2D eigenvalue weighted by Crippen LogP contribution is 2.10. The van der Waals surface area contributed by atoms with Crippen LogP contribution >= 0.6 is 0 Å². The molecule has 0 aliphatic carbocycles. The molecule has 0 atom stereocenters. The van der Waals surface area contributed by atoms with Crippen molar-refractivity contribution in [3.63, 3.8) is 0 Å². The predicted molar refractivity (Wildman–Crippen MR) is 77.0 cm³/mol. The predicted octanol–water partition coefficient (Wildman–Crippen LogP) is 5.18. The zero-order chi connectivity index (χ0) is 14.7. The van der Waals surface area contributed by atoms with Gasteiger partial charge < -0.3 is 4.89 Å². The fourth-order valence-corrected chi connectivity index (χ4v) is 1.81. The molecule has 0 radical (unpaired) electrons. The van der Waals surface area contributed by atoms with Crippen LogP contribution in [0.3, 0.4) is 0 Å². The van der Waals surface area contributed by atoms with Crippen molar-refractivity contribution in [2.75, 3.05) is 6.61 Å².